The molecule has 0 aromatic heterocycles. The van der Waals surface area contributed by atoms with Crippen LogP contribution < -0.4 is 31.9 Å². The third kappa shape index (κ3) is 49.6. The Balaban J connectivity index is -0.000000628. The molecule has 24 nitrogen and oxygen atoms in total. The van der Waals surface area contributed by atoms with Gasteiger partial charge in [-0.15, -0.1) is 0 Å². The minimum atomic E-state index is -0.420. The molecule has 24 heteroatoms. The molecule has 476 valence electrons. The zero-order chi connectivity index (χ0) is 62.7. The summed E-state index contributed by atoms with van der Waals surface area (Å²) in [6, 6.07) is 0. The SMILES string of the molecule is C.CCC(=O)CCCCCCC(=O)CN(CC(=O)NCCCCCC(=O)NC)C(=O)CCC(=O)CCCCC(=O)NC.CCC(=O)CN(CC(=O)NC)C(=O)CCC(=O)CCCCC(=O)NC.CCCC(=O)N(CC(=O)CC)CC(=O)NC. The fourth-order valence-corrected chi connectivity index (χ4v) is 7.38. The van der Waals surface area contributed by atoms with Crippen LogP contribution >= 0.6 is 0 Å². The molecule has 83 heavy (non-hydrogen) atoms. The van der Waals surface area contributed by atoms with Crippen molar-refractivity contribution in [2.45, 2.75) is 208 Å². The second-order valence-electron chi connectivity index (χ2n) is 19.6. The first-order valence-corrected chi connectivity index (χ1v) is 29.2. The molecule has 0 fully saturated rings. The predicted octanol–water partition coefficient (Wildman–Crippen LogP) is 3.95. The van der Waals surface area contributed by atoms with Crippen LogP contribution in [0.5, 0.6) is 0 Å². The first kappa shape index (κ1) is 82.7. The van der Waals surface area contributed by atoms with Gasteiger partial charge in [0.2, 0.25) is 53.2 Å². The van der Waals surface area contributed by atoms with E-state index in [1.807, 2.05) is 13.8 Å². The molecule has 0 saturated heterocycles. The van der Waals surface area contributed by atoms with Crippen molar-refractivity contribution in [2.75, 3.05) is 81.1 Å². The number of nitrogens with one attached hydrogen (secondary N) is 6. The van der Waals surface area contributed by atoms with Crippen molar-refractivity contribution in [3.8, 4) is 0 Å². The molecule has 0 bridgehead atoms. The van der Waals surface area contributed by atoms with E-state index < -0.39 is 5.91 Å². The number of carbonyl (C=O) groups is 15. The average molecular weight is 1180 g/mol. The smallest absolute Gasteiger partial charge is 0.239 e. The quantitative estimate of drug-likeness (QED) is 0.0470. The average Bonchev–Trinajstić information content (AvgIpc) is 3.48. The summed E-state index contributed by atoms with van der Waals surface area (Å²) in [6.45, 7) is 6.78. The monoisotopic (exact) mass is 1180 g/mol. The van der Waals surface area contributed by atoms with Crippen LogP contribution in [0.4, 0.5) is 0 Å². The lowest BCUT2D eigenvalue weighted by Gasteiger charge is -2.21. The molecule has 6 N–H and O–H groups in total. The summed E-state index contributed by atoms with van der Waals surface area (Å²) in [5, 5.41) is 15.2. The summed E-state index contributed by atoms with van der Waals surface area (Å²) in [6.07, 6.45) is 12.5. The predicted molar refractivity (Wildman–Crippen MR) is 317 cm³/mol. The van der Waals surface area contributed by atoms with E-state index in [2.05, 4.69) is 31.9 Å². The lowest BCUT2D eigenvalue weighted by molar-refractivity contribution is -0.139. The molecule has 0 atom stereocenters. The number of Topliss-reactive ketones (excluding diaryl/α,β-unsaturated/α-hetero) is 6. The highest BCUT2D eigenvalue weighted by molar-refractivity contribution is 5.93. The highest BCUT2D eigenvalue weighted by Gasteiger charge is 2.23. The highest BCUT2D eigenvalue weighted by Crippen LogP contribution is 2.11. The maximum absolute atomic E-state index is 12.9. The molecular formula is C59H105N9O15. The van der Waals surface area contributed by atoms with Gasteiger partial charge in [0.15, 0.2) is 17.3 Å². The molecule has 0 rings (SSSR count). The number of carbonyl (C=O) groups excluding carboxylic acids is 15. The molecule has 0 aromatic carbocycles. The number of hydrogen-bond acceptors (Lipinski definition) is 15. The highest BCUT2D eigenvalue weighted by atomic mass is 16.2. The minimum absolute atomic E-state index is 0. The van der Waals surface area contributed by atoms with E-state index in [0.29, 0.717) is 109 Å². The fourth-order valence-electron chi connectivity index (χ4n) is 7.38. The van der Waals surface area contributed by atoms with Crippen LogP contribution in [0.2, 0.25) is 0 Å². The number of likely N-dealkylation sites (N-methyl/N-ethyl adjacent to an activating group) is 2. The number of unbranched alkanes of at least 4 members (excludes halogenated alkanes) is 7. The molecule has 0 aliphatic heterocycles. The van der Waals surface area contributed by atoms with Gasteiger partial charge in [0, 0.05) is 138 Å². The summed E-state index contributed by atoms with van der Waals surface area (Å²) >= 11 is 0. The van der Waals surface area contributed by atoms with Crippen LogP contribution in [0.3, 0.4) is 0 Å². The van der Waals surface area contributed by atoms with Gasteiger partial charge in [-0.25, -0.2) is 0 Å². The van der Waals surface area contributed by atoms with Gasteiger partial charge in [0.1, 0.15) is 17.3 Å². The van der Waals surface area contributed by atoms with E-state index in [0.717, 1.165) is 25.7 Å². The van der Waals surface area contributed by atoms with Crippen molar-refractivity contribution in [1.82, 2.24) is 46.6 Å². The molecule has 9 amide bonds. The Kier molecular flexibility index (Phi) is 54.3. The maximum atomic E-state index is 12.9. The Hall–Kier alpha value is -6.75. The van der Waals surface area contributed by atoms with E-state index in [9.17, 15) is 71.9 Å². The van der Waals surface area contributed by atoms with E-state index >= 15 is 0 Å². The first-order chi connectivity index (χ1) is 39.0. The van der Waals surface area contributed by atoms with Gasteiger partial charge in [-0.3, -0.25) is 71.9 Å². The van der Waals surface area contributed by atoms with Crippen molar-refractivity contribution in [3.63, 3.8) is 0 Å². The van der Waals surface area contributed by atoms with Crippen LogP contribution in [0, 0.1) is 0 Å². The molecule has 0 heterocycles. The number of rotatable bonds is 46. The Morgan fingerprint density at radius 3 is 0.916 bits per heavy atom. The Labute approximate surface area is 494 Å². The van der Waals surface area contributed by atoms with Crippen LogP contribution in [0.15, 0.2) is 0 Å². The standard InChI is InChI=1S/C30H52N4O7.C17H29N3O5.C11H20N2O3.CH4/c1-4-24(35)14-8-5-6-9-16-26(37)22-34(23-29(40)33-21-13-7-10-17-27(38)31-2)30(41)20-19-25(36)15-11-12-18-28(39)32-3;1-4-13(21)11-20(12-16(24)19-3)17(25)10-9-14(22)7-5-6-8-15(23)18-2;1-4-6-11(16)13(7-9(14)5-2)8-10(15)12-3;/h4-23H2,1-3H3,(H,31,38)(H,32,39)(H,33,40);4-12H2,1-3H3,(H,18,23)(H,19,24);4-8H2,1-3H3,(H,12,15);1H4. The molecule has 0 spiro atoms. The maximum Gasteiger partial charge on any atom is 0.239 e. The third-order valence-corrected chi connectivity index (χ3v) is 12.7. The molecule has 0 aliphatic carbocycles. The number of amides is 9. The van der Waals surface area contributed by atoms with Crippen molar-refractivity contribution >= 4 is 87.9 Å². The summed E-state index contributed by atoms with van der Waals surface area (Å²) in [7, 11) is 7.67. The van der Waals surface area contributed by atoms with Gasteiger partial charge in [-0.05, 0) is 57.8 Å². The number of ketones is 6. The van der Waals surface area contributed by atoms with Crippen molar-refractivity contribution < 1.29 is 71.9 Å². The zero-order valence-electron chi connectivity index (χ0n) is 51.0. The van der Waals surface area contributed by atoms with Crippen LogP contribution in [-0.2, 0) is 71.9 Å². The summed E-state index contributed by atoms with van der Waals surface area (Å²) in [5.74, 6) is -2.36. The van der Waals surface area contributed by atoms with E-state index in [-0.39, 0.29) is 174 Å². The first-order valence-electron chi connectivity index (χ1n) is 29.2. The number of hydrogen-bond donors (Lipinski definition) is 6. The molecule has 0 aromatic rings. The lowest BCUT2D eigenvalue weighted by atomic mass is 10.1. The molecule has 0 unspecified atom stereocenters. The van der Waals surface area contributed by atoms with Gasteiger partial charge >= 0.3 is 0 Å². The Morgan fingerprint density at radius 1 is 0.265 bits per heavy atom. The van der Waals surface area contributed by atoms with E-state index in [4.69, 9.17) is 0 Å². The Bertz CT molecular complexity index is 1940. The van der Waals surface area contributed by atoms with Crippen molar-refractivity contribution in [2.24, 2.45) is 0 Å². The van der Waals surface area contributed by atoms with Gasteiger partial charge < -0.3 is 46.6 Å². The third-order valence-electron chi connectivity index (χ3n) is 12.7. The second-order valence-corrected chi connectivity index (χ2v) is 19.6. The summed E-state index contributed by atoms with van der Waals surface area (Å²) in [5.41, 5.74) is 0. The minimum Gasteiger partial charge on any atom is -0.359 e. The largest absolute Gasteiger partial charge is 0.359 e. The van der Waals surface area contributed by atoms with Crippen LogP contribution in [0.25, 0.3) is 0 Å². The van der Waals surface area contributed by atoms with Gasteiger partial charge in [-0.1, -0.05) is 54.4 Å². The molecule has 0 aliphatic rings. The summed E-state index contributed by atoms with van der Waals surface area (Å²) in [4.78, 5) is 180. The van der Waals surface area contributed by atoms with Gasteiger partial charge in [0.05, 0.1) is 39.3 Å². The van der Waals surface area contributed by atoms with E-state index in [1.165, 1.54) is 28.8 Å². The number of nitrogens with zero attached hydrogens (tertiary/aromatic N) is 3. The fraction of sp³-hybridized carbons (Fsp3) is 0.746. The second kappa shape index (κ2) is 54.5. The zero-order valence-corrected chi connectivity index (χ0v) is 51.0. The lowest BCUT2D eigenvalue weighted by Crippen LogP contribution is -2.43. The normalized spacial score (nSPS) is 10.1. The van der Waals surface area contributed by atoms with Gasteiger partial charge in [-0.2, -0.15) is 0 Å². The molecular weight excluding hydrogens is 1070 g/mol. The van der Waals surface area contributed by atoms with Gasteiger partial charge in [0.25, 0.3) is 0 Å². The van der Waals surface area contributed by atoms with Crippen LogP contribution in [-0.4, -0.2) is 184 Å². The van der Waals surface area contributed by atoms with Crippen LogP contribution in [0.1, 0.15) is 208 Å². The molecule has 0 radical (unpaired) electrons. The summed E-state index contributed by atoms with van der Waals surface area (Å²) < 4.78 is 0. The molecule has 0 saturated carbocycles. The van der Waals surface area contributed by atoms with Crippen molar-refractivity contribution in [3.05, 3.63) is 0 Å². The Morgan fingerprint density at radius 2 is 0.554 bits per heavy atom. The van der Waals surface area contributed by atoms with E-state index in [1.54, 1.807) is 35.0 Å². The van der Waals surface area contributed by atoms with Crippen molar-refractivity contribution in [1.29, 1.82) is 0 Å². The topological polar surface area (TPSA) is 338 Å².